The lowest BCUT2D eigenvalue weighted by Gasteiger charge is -2.31. The molecular weight excluding hydrogens is 438 g/mol. The molecule has 0 saturated carbocycles. The molecule has 9 heteroatoms. The summed E-state index contributed by atoms with van der Waals surface area (Å²) in [5, 5.41) is 3.08. The molecule has 0 saturated heterocycles. The fourth-order valence-electron chi connectivity index (χ4n) is 3.14. The van der Waals surface area contributed by atoms with E-state index in [1.807, 2.05) is 30.3 Å². The van der Waals surface area contributed by atoms with Gasteiger partial charge in [-0.2, -0.15) is 0 Å². The highest BCUT2D eigenvalue weighted by Gasteiger charge is 2.29. The van der Waals surface area contributed by atoms with Crippen LogP contribution in [0.2, 0.25) is 5.02 Å². The van der Waals surface area contributed by atoms with Gasteiger partial charge in [-0.15, -0.1) is 0 Å². The van der Waals surface area contributed by atoms with E-state index in [1.165, 1.54) is 11.0 Å². The Morgan fingerprint density at radius 1 is 1.10 bits per heavy atom. The second-order valence-electron chi connectivity index (χ2n) is 7.14. The van der Waals surface area contributed by atoms with Crippen LogP contribution in [0.1, 0.15) is 19.4 Å². The third-order valence-electron chi connectivity index (χ3n) is 4.78. The zero-order valence-electron chi connectivity index (χ0n) is 17.9. The predicted molar refractivity (Wildman–Crippen MR) is 124 cm³/mol. The van der Waals surface area contributed by atoms with Gasteiger partial charge in [-0.1, -0.05) is 48.0 Å². The van der Waals surface area contributed by atoms with Gasteiger partial charge in [0.1, 0.15) is 12.6 Å². The number of hydrogen-bond acceptors (Lipinski definition) is 4. The zero-order chi connectivity index (χ0) is 23.0. The van der Waals surface area contributed by atoms with Crippen molar-refractivity contribution in [1.82, 2.24) is 10.2 Å². The first-order valence-electron chi connectivity index (χ1n) is 9.98. The number of nitrogens with one attached hydrogen (secondary N) is 1. The lowest BCUT2D eigenvalue weighted by atomic mass is 10.1. The van der Waals surface area contributed by atoms with Crippen LogP contribution in [0.3, 0.4) is 0 Å². The Morgan fingerprint density at radius 3 is 2.35 bits per heavy atom. The second-order valence-corrected chi connectivity index (χ2v) is 9.49. The molecule has 0 heterocycles. The van der Waals surface area contributed by atoms with Gasteiger partial charge in [0.05, 0.1) is 11.9 Å². The molecule has 0 aromatic heterocycles. The van der Waals surface area contributed by atoms with E-state index in [-0.39, 0.29) is 18.1 Å². The molecule has 0 bridgehead atoms. The molecule has 0 radical (unpaired) electrons. The minimum absolute atomic E-state index is 0.272. The average Bonchev–Trinajstić information content (AvgIpc) is 2.72. The first-order valence-corrected chi connectivity index (χ1v) is 12.2. The van der Waals surface area contributed by atoms with E-state index in [0.29, 0.717) is 18.0 Å². The van der Waals surface area contributed by atoms with Crippen LogP contribution in [-0.4, -0.2) is 57.1 Å². The fourth-order valence-corrected chi connectivity index (χ4v) is 4.16. The van der Waals surface area contributed by atoms with Crippen molar-refractivity contribution in [1.29, 1.82) is 0 Å². The third-order valence-corrected chi connectivity index (χ3v) is 6.15. The van der Waals surface area contributed by atoms with E-state index in [1.54, 1.807) is 32.0 Å². The summed E-state index contributed by atoms with van der Waals surface area (Å²) in [7, 11) is -3.76. The summed E-state index contributed by atoms with van der Waals surface area (Å²) >= 11 is 6.01. The van der Waals surface area contributed by atoms with Crippen molar-refractivity contribution in [2.75, 3.05) is 30.2 Å². The van der Waals surface area contributed by atoms with Crippen LogP contribution in [0.5, 0.6) is 0 Å². The fraction of sp³-hybridized carbons (Fsp3) is 0.364. The Hall–Kier alpha value is -2.58. The number of sulfonamides is 1. The standard InChI is InChI=1S/C22H28ClN3O4S/c1-4-24-22(28)17(2)25(14-13-18-9-6-5-7-10-18)21(27)16-26(31(3,29)30)20-12-8-11-19(23)15-20/h5-12,15,17H,4,13-14,16H2,1-3H3,(H,24,28). The van der Waals surface area contributed by atoms with Crippen LogP contribution < -0.4 is 9.62 Å². The molecule has 168 valence electrons. The molecule has 0 aliphatic rings. The Balaban J connectivity index is 2.29. The average molecular weight is 466 g/mol. The van der Waals surface area contributed by atoms with Gasteiger partial charge >= 0.3 is 0 Å². The zero-order valence-corrected chi connectivity index (χ0v) is 19.5. The Kier molecular flexibility index (Phi) is 8.88. The summed E-state index contributed by atoms with van der Waals surface area (Å²) in [5.41, 5.74) is 1.30. The Bertz CT molecular complexity index is 999. The Labute approximate surface area is 189 Å². The SMILES string of the molecule is CCNC(=O)C(C)N(CCc1ccccc1)C(=O)CN(c1cccc(Cl)c1)S(C)(=O)=O. The number of hydrogen-bond donors (Lipinski definition) is 1. The van der Waals surface area contributed by atoms with Crippen molar-refractivity contribution in [3.8, 4) is 0 Å². The van der Waals surface area contributed by atoms with Crippen molar-refractivity contribution in [2.24, 2.45) is 0 Å². The van der Waals surface area contributed by atoms with E-state index in [4.69, 9.17) is 11.6 Å². The van der Waals surface area contributed by atoms with Gasteiger partial charge < -0.3 is 10.2 Å². The number of carbonyl (C=O) groups excluding carboxylic acids is 2. The summed E-state index contributed by atoms with van der Waals surface area (Å²) in [4.78, 5) is 27.1. The highest BCUT2D eigenvalue weighted by atomic mass is 35.5. The molecule has 2 rings (SSSR count). The monoisotopic (exact) mass is 465 g/mol. The smallest absolute Gasteiger partial charge is 0.244 e. The van der Waals surface area contributed by atoms with Gasteiger partial charge in [0.25, 0.3) is 0 Å². The van der Waals surface area contributed by atoms with Crippen LogP contribution >= 0.6 is 11.6 Å². The summed E-state index contributed by atoms with van der Waals surface area (Å²) in [6, 6.07) is 15.1. The number of likely N-dealkylation sites (N-methyl/N-ethyl adjacent to an activating group) is 1. The Morgan fingerprint density at radius 2 is 1.77 bits per heavy atom. The van der Waals surface area contributed by atoms with Gasteiger partial charge in [-0.25, -0.2) is 8.42 Å². The third kappa shape index (κ3) is 7.25. The van der Waals surface area contributed by atoms with E-state index < -0.39 is 28.5 Å². The van der Waals surface area contributed by atoms with Crippen LogP contribution in [0.4, 0.5) is 5.69 Å². The highest BCUT2D eigenvalue weighted by molar-refractivity contribution is 7.92. The summed E-state index contributed by atoms with van der Waals surface area (Å²) < 4.78 is 25.8. The molecule has 1 N–H and O–H groups in total. The summed E-state index contributed by atoms with van der Waals surface area (Å²) in [6.07, 6.45) is 1.56. The molecule has 2 amide bonds. The molecule has 1 atom stereocenters. The van der Waals surface area contributed by atoms with Crippen LogP contribution in [0.25, 0.3) is 0 Å². The van der Waals surface area contributed by atoms with Crippen molar-refractivity contribution in [3.05, 3.63) is 65.2 Å². The number of halogens is 1. The van der Waals surface area contributed by atoms with Crippen molar-refractivity contribution < 1.29 is 18.0 Å². The molecule has 0 spiro atoms. The second kappa shape index (κ2) is 11.2. The lowest BCUT2D eigenvalue weighted by Crippen LogP contribution is -2.52. The number of nitrogens with zero attached hydrogens (tertiary/aromatic N) is 2. The molecule has 31 heavy (non-hydrogen) atoms. The number of carbonyl (C=O) groups is 2. The molecule has 2 aromatic rings. The summed E-state index contributed by atoms with van der Waals surface area (Å²) in [6.45, 7) is 3.71. The van der Waals surface area contributed by atoms with E-state index in [9.17, 15) is 18.0 Å². The van der Waals surface area contributed by atoms with E-state index >= 15 is 0 Å². The topological polar surface area (TPSA) is 86.8 Å². The maximum absolute atomic E-state index is 13.2. The molecular formula is C22H28ClN3O4S. The van der Waals surface area contributed by atoms with Gasteiger partial charge in [0.2, 0.25) is 21.8 Å². The molecule has 1 unspecified atom stereocenters. The minimum atomic E-state index is -3.76. The number of rotatable bonds is 10. The normalized spacial score (nSPS) is 12.1. The predicted octanol–water partition coefficient (Wildman–Crippen LogP) is 2.70. The highest BCUT2D eigenvalue weighted by Crippen LogP contribution is 2.22. The maximum atomic E-state index is 13.2. The number of anilines is 1. The molecule has 0 aliphatic heterocycles. The van der Waals surface area contributed by atoms with Crippen molar-refractivity contribution in [3.63, 3.8) is 0 Å². The maximum Gasteiger partial charge on any atom is 0.244 e. The first-order chi connectivity index (χ1) is 14.6. The largest absolute Gasteiger partial charge is 0.355 e. The lowest BCUT2D eigenvalue weighted by molar-refractivity contribution is -0.138. The van der Waals surface area contributed by atoms with Crippen LogP contribution in [0.15, 0.2) is 54.6 Å². The van der Waals surface area contributed by atoms with Crippen LogP contribution in [0, 0.1) is 0 Å². The molecule has 2 aromatic carbocycles. The van der Waals surface area contributed by atoms with Gasteiger partial charge in [0.15, 0.2) is 0 Å². The van der Waals surface area contributed by atoms with Gasteiger partial charge in [0, 0.05) is 18.1 Å². The molecule has 0 fully saturated rings. The molecule has 7 nitrogen and oxygen atoms in total. The quantitative estimate of drug-likeness (QED) is 0.584. The number of amides is 2. The van der Waals surface area contributed by atoms with E-state index in [0.717, 1.165) is 16.1 Å². The first kappa shape index (κ1) is 24.7. The van der Waals surface area contributed by atoms with E-state index in [2.05, 4.69) is 5.32 Å². The number of benzene rings is 2. The molecule has 0 aliphatic carbocycles. The van der Waals surface area contributed by atoms with Gasteiger partial charge in [-0.05, 0) is 44.0 Å². The van der Waals surface area contributed by atoms with Crippen molar-refractivity contribution >= 4 is 39.1 Å². The van der Waals surface area contributed by atoms with Crippen LogP contribution in [-0.2, 0) is 26.0 Å². The summed E-state index contributed by atoms with van der Waals surface area (Å²) in [5.74, 6) is -0.766. The minimum Gasteiger partial charge on any atom is -0.355 e. The van der Waals surface area contributed by atoms with Crippen molar-refractivity contribution in [2.45, 2.75) is 26.3 Å². The van der Waals surface area contributed by atoms with Gasteiger partial charge in [-0.3, -0.25) is 13.9 Å².